The molecule has 0 saturated heterocycles. The molecule has 9 heteroatoms. The Hall–Kier alpha value is -2.52. The van der Waals surface area contributed by atoms with Crippen molar-refractivity contribution >= 4 is 23.4 Å². The zero-order chi connectivity index (χ0) is 20.5. The van der Waals surface area contributed by atoms with E-state index in [1.54, 1.807) is 50.5 Å². The number of hydrogen-bond donors (Lipinski definition) is 1. The van der Waals surface area contributed by atoms with E-state index in [2.05, 4.69) is 9.99 Å². The minimum atomic E-state index is -4.92. The molecular formula is C19H17F3N2O3S. The Kier molecular flexibility index (Phi) is 5.40. The molecule has 148 valence electrons. The van der Waals surface area contributed by atoms with Gasteiger partial charge in [-0.1, -0.05) is 29.1 Å². The highest BCUT2D eigenvalue weighted by Crippen LogP contribution is 2.39. The first-order valence-electron chi connectivity index (χ1n) is 8.23. The van der Waals surface area contributed by atoms with Gasteiger partial charge in [-0.25, -0.2) is 0 Å². The molecule has 2 aromatic carbocycles. The van der Waals surface area contributed by atoms with Crippen LogP contribution in [0.5, 0.6) is 0 Å². The van der Waals surface area contributed by atoms with Crippen LogP contribution in [-0.2, 0) is 4.84 Å². The predicted molar refractivity (Wildman–Crippen MR) is 98.3 cm³/mol. The topological polar surface area (TPSA) is 62.1 Å². The fraction of sp³-hybridized carbons (Fsp3) is 0.263. The molecule has 5 nitrogen and oxygen atoms in total. The molecule has 1 heterocycles. The summed E-state index contributed by atoms with van der Waals surface area (Å²) in [5.74, 6) is -3.36. The molecule has 0 aromatic heterocycles. The zero-order valence-electron chi connectivity index (χ0n) is 15.0. The number of carbonyl (C=O) groups is 1. The lowest BCUT2D eigenvalue weighted by Crippen LogP contribution is -2.45. The van der Waals surface area contributed by atoms with E-state index in [-0.39, 0.29) is 11.6 Å². The molecule has 1 unspecified atom stereocenters. The molecule has 1 aliphatic rings. The molecule has 1 amide bonds. The highest BCUT2D eigenvalue weighted by atomic mass is 32.2. The summed E-state index contributed by atoms with van der Waals surface area (Å²) in [4.78, 5) is 19.4. The maximum atomic E-state index is 12.8. The smallest absolute Gasteiger partial charge is 0.350 e. The summed E-state index contributed by atoms with van der Waals surface area (Å²) in [6.45, 7) is 0. The van der Waals surface area contributed by atoms with Crippen molar-refractivity contribution in [2.75, 3.05) is 14.1 Å². The van der Waals surface area contributed by atoms with Crippen molar-refractivity contribution < 1.29 is 27.9 Å². The number of alkyl halides is 3. The number of aliphatic hydroxyl groups is 1. The van der Waals surface area contributed by atoms with Crippen LogP contribution in [0, 0.1) is 0 Å². The zero-order valence-corrected chi connectivity index (χ0v) is 15.8. The third-order valence-electron chi connectivity index (χ3n) is 4.09. The molecule has 3 rings (SSSR count). The quantitative estimate of drug-likeness (QED) is 0.830. The fourth-order valence-electron chi connectivity index (χ4n) is 2.50. The number of carbonyl (C=O) groups excluding carboxylic acids is 1. The third-order valence-corrected chi connectivity index (χ3v) is 5.10. The van der Waals surface area contributed by atoms with Gasteiger partial charge in [0.2, 0.25) is 0 Å². The second-order valence-corrected chi connectivity index (χ2v) is 7.59. The van der Waals surface area contributed by atoms with Crippen LogP contribution in [0.25, 0.3) is 0 Å². The molecule has 0 fully saturated rings. The molecule has 0 bridgehead atoms. The lowest BCUT2D eigenvalue weighted by atomic mass is 10.0. The van der Waals surface area contributed by atoms with Crippen LogP contribution < -0.4 is 0 Å². The van der Waals surface area contributed by atoms with Gasteiger partial charge in [0, 0.05) is 29.4 Å². The second-order valence-electron chi connectivity index (χ2n) is 6.44. The standard InChI is InChI=1S/C19H17F3N2O3S/c1-24(2)17(25)13-5-9-15(10-6-13)28-14-7-3-12(4-8-14)16-11-18(26,27-23-16)19(20,21)22/h3-10,26H,11H2,1-2H3. The van der Waals surface area contributed by atoms with E-state index in [0.717, 1.165) is 9.79 Å². The molecule has 1 N–H and O–H groups in total. The van der Waals surface area contributed by atoms with E-state index < -0.39 is 18.4 Å². The lowest BCUT2D eigenvalue weighted by Gasteiger charge is -2.22. The fourth-order valence-corrected chi connectivity index (χ4v) is 3.32. The molecule has 28 heavy (non-hydrogen) atoms. The largest absolute Gasteiger partial charge is 0.458 e. The van der Waals surface area contributed by atoms with Gasteiger partial charge in [-0.15, -0.1) is 0 Å². The maximum Gasteiger partial charge on any atom is 0.458 e. The van der Waals surface area contributed by atoms with E-state index in [1.807, 2.05) is 12.1 Å². The number of amides is 1. The van der Waals surface area contributed by atoms with Crippen LogP contribution in [0.3, 0.4) is 0 Å². The van der Waals surface area contributed by atoms with Crippen LogP contribution in [-0.4, -0.2) is 47.7 Å². The number of oxime groups is 1. The van der Waals surface area contributed by atoms with Gasteiger partial charge in [0.05, 0.1) is 12.1 Å². The molecule has 2 aromatic rings. The molecule has 0 radical (unpaired) electrons. The molecule has 1 aliphatic heterocycles. The first-order chi connectivity index (χ1) is 13.1. The van der Waals surface area contributed by atoms with Crippen molar-refractivity contribution in [1.82, 2.24) is 4.90 Å². The van der Waals surface area contributed by atoms with Crippen LogP contribution in [0.15, 0.2) is 63.5 Å². The Balaban J connectivity index is 1.66. The van der Waals surface area contributed by atoms with E-state index >= 15 is 0 Å². The Labute approximate surface area is 163 Å². The number of hydrogen-bond acceptors (Lipinski definition) is 5. The van der Waals surface area contributed by atoms with E-state index in [0.29, 0.717) is 11.1 Å². The minimum absolute atomic E-state index is 0.0305. The van der Waals surface area contributed by atoms with Gasteiger partial charge in [-0.2, -0.15) is 13.2 Å². The minimum Gasteiger partial charge on any atom is -0.350 e. The molecule has 0 saturated carbocycles. The number of rotatable bonds is 4. The predicted octanol–water partition coefficient (Wildman–Crippen LogP) is 3.91. The van der Waals surface area contributed by atoms with Crippen molar-refractivity contribution in [1.29, 1.82) is 0 Å². The molecule has 0 aliphatic carbocycles. The number of halogens is 3. The van der Waals surface area contributed by atoms with Gasteiger partial charge in [-0.3, -0.25) is 4.79 Å². The van der Waals surface area contributed by atoms with E-state index in [9.17, 15) is 23.1 Å². The second kappa shape index (κ2) is 7.48. The SMILES string of the molecule is CN(C)C(=O)c1ccc(Sc2ccc(C3=NOC(O)(C(F)(F)F)C3)cc2)cc1. The summed E-state index contributed by atoms with van der Waals surface area (Å²) in [5, 5.41) is 12.9. The van der Waals surface area contributed by atoms with Gasteiger partial charge in [0.15, 0.2) is 0 Å². The Bertz CT molecular complexity index is 896. The summed E-state index contributed by atoms with van der Waals surface area (Å²) in [6.07, 6.45) is -5.68. The van der Waals surface area contributed by atoms with Crippen LogP contribution >= 0.6 is 11.8 Å². The maximum absolute atomic E-state index is 12.8. The normalized spacial score (nSPS) is 19.1. The van der Waals surface area contributed by atoms with Crippen molar-refractivity contribution in [2.24, 2.45) is 5.16 Å². The highest BCUT2D eigenvalue weighted by Gasteiger charge is 2.60. The Morgan fingerprint density at radius 3 is 2.11 bits per heavy atom. The average molecular weight is 410 g/mol. The summed E-state index contributed by atoms with van der Waals surface area (Å²) in [6, 6.07) is 13.9. The summed E-state index contributed by atoms with van der Waals surface area (Å²) in [5.41, 5.74) is 1.06. The van der Waals surface area contributed by atoms with Gasteiger partial charge < -0.3 is 14.8 Å². The van der Waals surface area contributed by atoms with Crippen LogP contribution in [0.4, 0.5) is 13.2 Å². The highest BCUT2D eigenvalue weighted by molar-refractivity contribution is 7.99. The Morgan fingerprint density at radius 1 is 1.11 bits per heavy atom. The number of nitrogens with zero attached hydrogens (tertiary/aromatic N) is 2. The summed E-state index contributed by atoms with van der Waals surface area (Å²) < 4.78 is 38.4. The first-order valence-corrected chi connectivity index (χ1v) is 9.05. The van der Waals surface area contributed by atoms with Crippen molar-refractivity contribution in [2.45, 2.75) is 28.2 Å². The molecule has 1 atom stereocenters. The van der Waals surface area contributed by atoms with E-state index in [1.165, 1.54) is 16.7 Å². The van der Waals surface area contributed by atoms with E-state index in [4.69, 9.17) is 0 Å². The third kappa shape index (κ3) is 4.15. The van der Waals surface area contributed by atoms with Gasteiger partial charge in [0.1, 0.15) is 0 Å². The van der Waals surface area contributed by atoms with Crippen molar-refractivity contribution in [3.05, 3.63) is 59.7 Å². The van der Waals surface area contributed by atoms with Gasteiger partial charge >= 0.3 is 12.0 Å². The van der Waals surface area contributed by atoms with Crippen LogP contribution in [0.1, 0.15) is 22.3 Å². The average Bonchev–Trinajstić information content (AvgIpc) is 3.06. The van der Waals surface area contributed by atoms with Gasteiger partial charge in [0.25, 0.3) is 5.91 Å². The number of benzene rings is 2. The Morgan fingerprint density at radius 2 is 1.64 bits per heavy atom. The molecule has 0 spiro atoms. The van der Waals surface area contributed by atoms with Crippen molar-refractivity contribution in [3.8, 4) is 0 Å². The molecular weight excluding hydrogens is 393 g/mol. The monoisotopic (exact) mass is 410 g/mol. The summed E-state index contributed by atoms with van der Waals surface area (Å²) >= 11 is 1.45. The van der Waals surface area contributed by atoms with Crippen LogP contribution in [0.2, 0.25) is 0 Å². The lowest BCUT2D eigenvalue weighted by molar-refractivity contribution is -0.355. The summed E-state index contributed by atoms with van der Waals surface area (Å²) in [7, 11) is 3.36. The first kappa shape index (κ1) is 20.2. The van der Waals surface area contributed by atoms with Crippen molar-refractivity contribution in [3.63, 3.8) is 0 Å². The van der Waals surface area contributed by atoms with Gasteiger partial charge in [-0.05, 0) is 42.0 Å².